The second-order valence-corrected chi connectivity index (χ2v) is 10.2. The summed E-state index contributed by atoms with van der Waals surface area (Å²) in [5.74, 6) is -1.46. The summed E-state index contributed by atoms with van der Waals surface area (Å²) in [6.45, 7) is 3.01. The molecule has 2 N–H and O–H groups in total. The molecule has 1 aromatic carbocycles. The SMILES string of the molecule is FC(F)(F)c1cccnc1N1CCc2nc(N3CCC3)nc(NCc3ccc(Cl)c(Cl)c3)c2CC1.O=C(O)C(F)(F)F. The van der Waals surface area contributed by atoms with E-state index in [-0.39, 0.29) is 5.82 Å². The van der Waals surface area contributed by atoms with Crippen molar-refractivity contribution in [3.63, 3.8) is 0 Å². The highest BCUT2D eigenvalue weighted by Gasteiger charge is 2.38. The van der Waals surface area contributed by atoms with Crippen LogP contribution >= 0.6 is 23.2 Å². The maximum Gasteiger partial charge on any atom is 0.490 e. The van der Waals surface area contributed by atoms with E-state index in [1.807, 2.05) is 6.07 Å². The van der Waals surface area contributed by atoms with Crippen LogP contribution < -0.4 is 15.1 Å². The minimum atomic E-state index is -5.08. The Morgan fingerprint density at radius 2 is 1.64 bits per heavy atom. The summed E-state index contributed by atoms with van der Waals surface area (Å²) in [6, 6.07) is 7.82. The number of carbonyl (C=O) groups is 1. The molecule has 2 aliphatic rings. The second kappa shape index (κ2) is 12.8. The van der Waals surface area contributed by atoms with Crippen molar-refractivity contribution in [1.82, 2.24) is 15.0 Å². The van der Waals surface area contributed by atoms with Gasteiger partial charge in [0, 0.05) is 50.9 Å². The smallest absolute Gasteiger partial charge is 0.475 e. The topological polar surface area (TPSA) is 94.5 Å². The van der Waals surface area contributed by atoms with E-state index < -0.39 is 23.9 Å². The first-order chi connectivity index (χ1) is 19.7. The maximum atomic E-state index is 13.6. The maximum absolute atomic E-state index is 13.6. The van der Waals surface area contributed by atoms with Gasteiger partial charge in [-0.3, -0.25) is 0 Å². The number of nitrogens with zero attached hydrogens (tertiary/aromatic N) is 5. The van der Waals surface area contributed by atoms with Crippen molar-refractivity contribution in [2.45, 2.75) is 38.2 Å². The van der Waals surface area contributed by atoms with Crippen LogP contribution in [0.5, 0.6) is 0 Å². The van der Waals surface area contributed by atoms with Gasteiger partial charge in [-0.1, -0.05) is 29.3 Å². The van der Waals surface area contributed by atoms with Crippen LogP contribution in [0, 0.1) is 0 Å². The number of hydrogen-bond donors (Lipinski definition) is 2. The molecule has 3 aromatic rings. The Morgan fingerprint density at radius 1 is 0.952 bits per heavy atom. The molecule has 0 aliphatic carbocycles. The number of alkyl halides is 6. The highest BCUT2D eigenvalue weighted by Crippen LogP contribution is 2.36. The Morgan fingerprint density at radius 3 is 2.24 bits per heavy atom. The zero-order chi connectivity index (χ0) is 30.7. The summed E-state index contributed by atoms with van der Waals surface area (Å²) in [6.07, 6.45) is -6.09. The fourth-order valence-electron chi connectivity index (χ4n) is 4.31. The Hall–Kier alpha value is -3.52. The monoisotopic (exact) mass is 636 g/mol. The van der Waals surface area contributed by atoms with Gasteiger partial charge >= 0.3 is 18.3 Å². The molecule has 5 rings (SSSR count). The molecule has 0 unspecified atom stereocenters. The van der Waals surface area contributed by atoms with Gasteiger partial charge in [0.2, 0.25) is 5.95 Å². The molecule has 0 bridgehead atoms. The molecule has 0 radical (unpaired) electrons. The van der Waals surface area contributed by atoms with Crippen LogP contribution in [0.15, 0.2) is 36.5 Å². The quantitative estimate of drug-likeness (QED) is 0.317. The van der Waals surface area contributed by atoms with Gasteiger partial charge in [-0.15, -0.1) is 0 Å². The predicted octanol–water partition coefficient (Wildman–Crippen LogP) is 6.26. The summed E-state index contributed by atoms with van der Waals surface area (Å²) in [5.41, 5.74) is 1.99. The van der Waals surface area contributed by atoms with Gasteiger partial charge in [0.1, 0.15) is 11.6 Å². The number of aromatic nitrogens is 3. The molecule has 2 aromatic heterocycles. The van der Waals surface area contributed by atoms with E-state index in [1.165, 1.54) is 12.3 Å². The lowest BCUT2D eigenvalue weighted by atomic mass is 10.1. The van der Waals surface area contributed by atoms with Crippen LogP contribution in [0.4, 0.5) is 43.9 Å². The average molecular weight is 637 g/mol. The van der Waals surface area contributed by atoms with Crippen molar-refractivity contribution < 1.29 is 36.2 Å². The van der Waals surface area contributed by atoms with Crippen molar-refractivity contribution in [3.8, 4) is 0 Å². The van der Waals surface area contributed by atoms with Gasteiger partial charge in [0.05, 0.1) is 21.3 Å². The molecule has 2 aliphatic heterocycles. The minimum absolute atomic E-state index is 0.0472. The fourth-order valence-corrected chi connectivity index (χ4v) is 4.63. The van der Waals surface area contributed by atoms with Crippen molar-refractivity contribution in [2.24, 2.45) is 0 Å². The van der Waals surface area contributed by atoms with E-state index >= 15 is 0 Å². The molecule has 0 saturated carbocycles. The van der Waals surface area contributed by atoms with Crippen LogP contribution in [0.25, 0.3) is 0 Å². The number of anilines is 3. The number of halogens is 8. The molecule has 16 heteroatoms. The first-order valence-electron chi connectivity index (χ1n) is 12.6. The summed E-state index contributed by atoms with van der Waals surface area (Å²) in [5, 5.41) is 11.5. The molecule has 8 nitrogen and oxygen atoms in total. The average Bonchev–Trinajstić information content (AvgIpc) is 3.10. The number of nitrogens with one attached hydrogen (secondary N) is 1. The van der Waals surface area contributed by atoms with E-state index in [0.717, 1.165) is 42.4 Å². The van der Waals surface area contributed by atoms with Crippen LogP contribution in [-0.2, 0) is 30.4 Å². The van der Waals surface area contributed by atoms with Crippen molar-refractivity contribution in [2.75, 3.05) is 41.3 Å². The van der Waals surface area contributed by atoms with Gasteiger partial charge in [-0.05, 0) is 42.7 Å². The van der Waals surface area contributed by atoms with Crippen LogP contribution in [0.1, 0.15) is 28.8 Å². The summed E-state index contributed by atoms with van der Waals surface area (Å²) < 4.78 is 72.6. The highest BCUT2D eigenvalue weighted by molar-refractivity contribution is 6.42. The standard InChI is InChI=1S/C24H23Cl2F3N6.C2HF3O2/c25-18-5-4-15(13-19(18)26)14-31-21-16-6-11-34(22-17(24(27,28)29)3-1-8-30-22)12-7-20(16)32-23(33-21)35-9-2-10-35;3-2(4,5)1(6)7/h1,3-5,8,13H,2,6-7,9-12,14H2,(H,31,32,33);(H,6,7). The number of benzene rings is 1. The van der Waals surface area contributed by atoms with Crippen molar-refractivity contribution in [1.29, 1.82) is 0 Å². The number of aliphatic carboxylic acids is 1. The molecule has 226 valence electrons. The molecule has 4 heterocycles. The first kappa shape index (κ1) is 31.4. The highest BCUT2D eigenvalue weighted by atomic mass is 35.5. The van der Waals surface area contributed by atoms with Crippen LogP contribution in [0.2, 0.25) is 10.0 Å². The fraction of sp³-hybridized carbons (Fsp3) is 0.385. The molecule has 1 fully saturated rings. The third-order valence-electron chi connectivity index (χ3n) is 6.55. The number of carboxylic acid groups (broad SMARTS) is 1. The second-order valence-electron chi connectivity index (χ2n) is 9.40. The van der Waals surface area contributed by atoms with Crippen LogP contribution in [0.3, 0.4) is 0 Å². The van der Waals surface area contributed by atoms with Gasteiger partial charge < -0.3 is 20.2 Å². The number of carboxylic acids is 1. The van der Waals surface area contributed by atoms with Gasteiger partial charge in [0.25, 0.3) is 0 Å². The largest absolute Gasteiger partial charge is 0.490 e. The first-order valence-corrected chi connectivity index (χ1v) is 13.4. The van der Waals surface area contributed by atoms with E-state index in [9.17, 15) is 26.3 Å². The van der Waals surface area contributed by atoms with Crippen LogP contribution in [-0.4, -0.2) is 58.4 Å². The Labute approximate surface area is 246 Å². The lowest BCUT2D eigenvalue weighted by molar-refractivity contribution is -0.192. The molecule has 42 heavy (non-hydrogen) atoms. The number of rotatable bonds is 5. The number of fused-ring (bicyclic) bond motifs is 1. The predicted molar refractivity (Wildman–Crippen MR) is 145 cm³/mol. The Bertz CT molecular complexity index is 1440. The minimum Gasteiger partial charge on any atom is -0.475 e. The molecule has 0 spiro atoms. The van der Waals surface area contributed by atoms with Gasteiger partial charge in [0.15, 0.2) is 0 Å². The molecular formula is C26H24Cl2F6N6O2. The zero-order valence-corrected chi connectivity index (χ0v) is 23.2. The lowest BCUT2D eigenvalue weighted by Gasteiger charge is -2.31. The Kier molecular flexibility index (Phi) is 9.56. The van der Waals surface area contributed by atoms with Gasteiger partial charge in [-0.25, -0.2) is 14.8 Å². The summed E-state index contributed by atoms with van der Waals surface area (Å²) in [7, 11) is 0. The third kappa shape index (κ3) is 7.65. The van der Waals surface area contributed by atoms with Crippen molar-refractivity contribution >= 4 is 46.8 Å². The third-order valence-corrected chi connectivity index (χ3v) is 7.29. The molecular weight excluding hydrogens is 613 g/mol. The normalized spacial score (nSPS) is 15.1. The molecule has 1 saturated heterocycles. The molecule has 0 atom stereocenters. The lowest BCUT2D eigenvalue weighted by Crippen LogP contribution is -2.38. The zero-order valence-electron chi connectivity index (χ0n) is 21.7. The summed E-state index contributed by atoms with van der Waals surface area (Å²) in [4.78, 5) is 26.4. The summed E-state index contributed by atoms with van der Waals surface area (Å²) >= 11 is 12.2. The number of pyridine rings is 1. The Balaban J connectivity index is 0.000000517. The van der Waals surface area contributed by atoms with E-state index in [0.29, 0.717) is 54.3 Å². The molecule has 0 amide bonds. The van der Waals surface area contributed by atoms with Crippen molar-refractivity contribution in [3.05, 3.63) is 69.0 Å². The van der Waals surface area contributed by atoms with E-state index in [4.69, 9.17) is 43.1 Å². The van der Waals surface area contributed by atoms with E-state index in [1.54, 1.807) is 17.0 Å². The number of hydrogen-bond acceptors (Lipinski definition) is 7. The van der Waals surface area contributed by atoms with Gasteiger partial charge in [-0.2, -0.15) is 31.3 Å². The van der Waals surface area contributed by atoms with E-state index in [2.05, 4.69) is 15.2 Å².